The second-order valence-corrected chi connectivity index (χ2v) is 2.89. The highest BCUT2D eigenvalue weighted by molar-refractivity contribution is 6.43. The Bertz CT molecular complexity index is 374. The van der Waals surface area contributed by atoms with E-state index >= 15 is 0 Å². The van der Waals surface area contributed by atoms with Crippen LogP contribution in [0, 0.1) is 0 Å². The summed E-state index contributed by atoms with van der Waals surface area (Å²) >= 11 is 0. The molecule has 0 aliphatic carbocycles. The molecule has 0 saturated carbocycles. The Hall–Kier alpha value is -1.84. The van der Waals surface area contributed by atoms with E-state index in [4.69, 9.17) is 4.74 Å². The van der Waals surface area contributed by atoms with Crippen molar-refractivity contribution in [2.24, 2.45) is 0 Å². The zero-order valence-electron chi connectivity index (χ0n) is 8.74. The summed E-state index contributed by atoms with van der Waals surface area (Å²) in [5.74, 6) is -0.773. The normalized spacial score (nSPS) is 9.47. The summed E-state index contributed by atoms with van der Waals surface area (Å²) in [6.07, 6.45) is 0. The lowest BCUT2D eigenvalue weighted by Crippen LogP contribution is -2.30. The molecule has 0 heterocycles. The van der Waals surface area contributed by atoms with Crippen molar-refractivity contribution in [2.45, 2.75) is 6.92 Å². The van der Waals surface area contributed by atoms with Gasteiger partial charge in [-0.05, 0) is 19.1 Å². The average Bonchev–Trinajstić information content (AvgIpc) is 2.28. The van der Waals surface area contributed by atoms with E-state index in [2.05, 4.69) is 5.32 Å². The predicted octanol–water partition coefficient (Wildman–Crippen LogP) is 1.01. The molecule has 0 saturated heterocycles. The fourth-order valence-corrected chi connectivity index (χ4v) is 1.20. The second kappa shape index (κ2) is 5.14. The first-order valence-electron chi connectivity index (χ1n) is 4.66. The smallest absolute Gasteiger partial charge is 0.292 e. The van der Waals surface area contributed by atoms with Gasteiger partial charge < -0.3 is 10.1 Å². The van der Waals surface area contributed by atoms with Crippen molar-refractivity contribution in [3.63, 3.8) is 0 Å². The highest BCUT2D eigenvalue weighted by Crippen LogP contribution is 2.17. The number of methoxy groups -OCH3 is 1. The monoisotopic (exact) mass is 207 g/mol. The van der Waals surface area contributed by atoms with Crippen LogP contribution in [0.25, 0.3) is 0 Å². The van der Waals surface area contributed by atoms with E-state index in [-0.39, 0.29) is 5.56 Å². The zero-order valence-corrected chi connectivity index (χ0v) is 8.74. The minimum Gasteiger partial charge on any atom is -0.496 e. The molecular formula is C11H13NO3. The first kappa shape index (κ1) is 11.2. The third-order valence-electron chi connectivity index (χ3n) is 1.90. The van der Waals surface area contributed by atoms with Gasteiger partial charge in [-0.1, -0.05) is 12.1 Å². The number of ether oxygens (including phenoxy) is 1. The molecule has 0 spiro atoms. The quantitative estimate of drug-likeness (QED) is 0.592. The molecule has 4 nitrogen and oxygen atoms in total. The number of amides is 1. The van der Waals surface area contributed by atoms with Gasteiger partial charge in [-0.15, -0.1) is 0 Å². The van der Waals surface area contributed by atoms with Gasteiger partial charge in [0.25, 0.3) is 11.7 Å². The van der Waals surface area contributed by atoms with Crippen molar-refractivity contribution in [1.29, 1.82) is 0 Å². The third-order valence-corrected chi connectivity index (χ3v) is 1.90. The Labute approximate surface area is 88.2 Å². The van der Waals surface area contributed by atoms with E-state index in [0.717, 1.165) is 0 Å². The number of ketones is 1. The maximum atomic E-state index is 11.6. The Balaban J connectivity index is 2.95. The van der Waals surface area contributed by atoms with Gasteiger partial charge in [0.05, 0.1) is 12.7 Å². The van der Waals surface area contributed by atoms with E-state index in [0.29, 0.717) is 12.3 Å². The van der Waals surface area contributed by atoms with Crippen LogP contribution in [0.2, 0.25) is 0 Å². The summed E-state index contributed by atoms with van der Waals surface area (Å²) in [5, 5.41) is 2.45. The third kappa shape index (κ3) is 2.56. The minimum absolute atomic E-state index is 0.283. The van der Waals surface area contributed by atoms with Crippen molar-refractivity contribution in [3.8, 4) is 5.75 Å². The van der Waals surface area contributed by atoms with Crippen LogP contribution in [-0.4, -0.2) is 25.3 Å². The Kier molecular flexibility index (Phi) is 3.85. The lowest BCUT2D eigenvalue weighted by atomic mass is 10.1. The molecule has 0 atom stereocenters. The second-order valence-electron chi connectivity index (χ2n) is 2.89. The predicted molar refractivity (Wildman–Crippen MR) is 56.0 cm³/mol. The summed E-state index contributed by atoms with van der Waals surface area (Å²) in [6, 6.07) is 6.64. The number of hydrogen-bond acceptors (Lipinski definition) is 3. The Morgan fingerprint density at radius 2 is 2.00 bits per heavy atom. The van der Waals surface area contributed by atoms with Gasteiger partial charge >= 0.3 is 0 Å². The highest BCUT2D eigenvalue weighted by Gasteiger charge is 2.18. The maximum Gasteiger partial charge on any atom is 0.292 e. The Morgan fingerprint density at radius 3 is 2.60 bits per heavy atom. The van der Waals surface area contributed by atoms with Crippen LogP contribution in [0.15, 0.2) is 24.3 Å². The summed E-state index contributed by atoms with van der Waals surface area (Å²) in [4.78, 5) is 22.9. The van der Waals surface area contributed by atoms with Crippen LogP contribution in [0.1, 0.15) is 17.3 Å². The van der Waals surface area contributed by atoms with Crippen molar-refractivity contribution in [2.75, 3.05) is 13.7 Å². The number of carbonyl (C=O) groups excluding carboxylic acids is 2. The van der Waals surface area contributed by atoms with Crippen LogP contribution in [0.4, 0.5) is 0 Å². The molecule has 4 heteroatoms. The van der Waals surface area contributed by atoms with Crippen molar-refractivity contribution in [1.82, 2.24) is 5.32 Å². The summed E-state index contributed by atoms with van der Waals surface area (Å²) < 4.78 is 4.99. The van der Waals surface area contributed by atoms with Crippen LogP contribution < -0.4 is 10.1 Å². The van der Waals surface area contributed by atoms with Gasteiger partial charge in [-0.25, -0.2) is 0 Å². The molecule has 1 aromatic carbocycles. The molecule has 0 fully saturated rings. The van der Waals surface area contributed by atoms with E-state index in [1.165, 1.54) is 7.11 Å². The lowest BCUT2D eigenvalue weighted by Gasteiger charge is -2.06. The number of likely N-dealkylation sites (N-methyl/N-ethyl adjacent to an activating group) is 1. The Morgan fingerprint density at radius 1 is 1.33 bits per heavy atom. The van der Waals surface area contributed by atoms with Crippen LogP contribution in [0.3, 0.4) is 0 Å². The first-order chi connectivity index (χ1) is 7.20. The molecule has 1 aromatic rings. The van der Waals surface area contributed by atoms with Crippen LogP contribution in [-0.2, 0) is 4.79 Å². The summed E-state index contributed by atoms with van der Waals surface area (Å²) in [7, 11) is 1.46. The van der Waals surface area contributed by atoms with E-state index < -0.39 is 11.7 Å². The fourth-order valence-electron chi connectivity index (χ4n) is 1.20. The van der Waals surface area contributed by atoms with E-state index in [1.54, 1.807) is 31.2 Å². The number of carbonyl (C=O) groups is 2. The molecule has 0 aliphatic rings. The van der Waals surface area contributed by atoms with Crippen molar-refractivity contribution < 1.29 is 14.3 Å². The molecule has 1 N–H and O–H groups in total. The standard InChI is InChI=1S/C11H13NO3/c1-3-12-11(14)10(13)8-6-4-5-7-9(8)15-2/h4-7H,3H2,1-2H3,(H,12,14). The lowest BCUT2D eigenvalue weighted by molar-refractivity contribution is -0.116. The number of benzene rings is 1. The SMILES string of the molecule is CCNC(=O)C(=O)c1ccccc1OC. The highest BCUT2D eigenvalue weighted by atomic mass is 16.5. The maximum absolute atomic E-state index is 11.6. The van der Waals surface area contributed by atoms with Gasteiger partial charge in [0.1, 0.15) is 5.75 Å². The van der Waals surface area contributed by atoms with Gasteiger partial charge in [-0.2, -0.15) is 0 Å². The molecule has 0 radical (unpaired) electrons. The zero-order chi connectivity index (χ0) is 11.3. The molecule has 80 valence electrons. The minimum atomic E-state index is -0.609. The summed E-state index contributed by atoms with van der Waals surface area (Å²) in [5.41, 5.74) is 0.283. The summed E-state index contributed by atoms with van der Waals surface area (Å²) in [6.45, 7) is 2.19. The van der Waals surface area contributed by atoms with Crippen LogP contribution >= 0.6 is 0 Å². The molecular weight excluding hydrogens is 194 g/mol. The van der Waals surface area contributed by atoms with E-state index in [9.17, 15) is 9.59 Å². The van der Waals surface area contributed by atoms with Crippen LogP contribution in [0.5, 0.6) is 5.75 Å². The van der Waals surface area contributed by atoms with Gasteiger partial charge in [0.15, 0.2) is 0 Å². The molecule has 15 heavy (non-hydrogen) atoms. The largest absolute Gasteiger partial charge is 0.496 e. The average molecular weight is 207 g/mol. The molecule has 0 aliphatic heterocycles. The molecule has 0 bridgehead atoms. The van der Waals surface area contributed by atoms with Gasteiger partial charge in [0, 0.05) is 6.54 Å². The molecule has 0 aromatic heterocycles. The number of nitrogens with one attached hydrogen (secondary N) is 1. The number of hydrogen-bond donors (Lipinski definition) is 1. The number of rotatable bonds is 4. The van der Waals surface area contributed by atoms with Crippen molar-refractivity contribution in [3.05, 3.63) is 29.8 Å². The molecule has 1 rings (SSSR count). The molecule has 0 unspecified atom stereocenters. The number of Topliss-reactive ketones (excluding diaryl/α,β-unsaturated/α-hetero) is 1. The fraction of sp³-hybridized carbons (Fsp3) is 0.273. The van der Waals surface area contributed by atoms with E-state index in [1.807, 2.05) is 0 Å². The number of para-hydroxylation sites is 1. The topological polar surface area (TPSA) is 55.4 Å². The van der Waals surface area contributed by atoms with Crippen molar-refractivity contribution >= 4 is 11.7 Å². The van der Waals surface area contributed by atoms with Gasteiger partial charge in [0.2, 0.25) is 0 Å². The first-order valence-corrected chi connectivity index (χ1v) is 4.66. The van der Waals surface area contributed by atoms with Gasteiger partial charge in [-0.3, -0.25) is 9.59 Å². The molecule has 1 amide bonds.